The van der Waals surface area contributed by atoms with Crippen molar-refractivity contribution < 1.29 is 17.9 Å². The van der Waals surface area contributed by atoms with Crippen LogP contribution in [0.1, 0.15) is 12.5 Å². The second-order valence-corrected chi connectivity index (χ2v) is 9.88. The number of rotatable bonds is 5. The number of ether oxygens (including phenoxy) is 1. The Morgan fingerprint density at radius 2 is 1.72 bits per heavy atom. The Morgan fingerprint density at radius 1 is 1.03 bits per heavy atom. The Hall–Kier alpha value is -3.10. The quantitative estimate of drug-likeness (QED) is 0.645. The molecule has 0 saturated carbocycles. The third-order valence-corrected chi connectivity index (χ3v) is 8.06. The second kappa shape index (κ2) is 8.11. The number of carbonyl (C=O) groups excluding carboxylic acids is 1. The highest BCUT2D eigenvalue weighted by Crippen LogP contribution is 2.43. The third kappa shape index (κ3) is 3.49. The van der Waals surface area contributed by atoms with Gasteiger partial charge in [0.2, 0.25) is 5.91 Å². The first-order valence-corrected chi connectivity index (χ1v) is 12.2. The van der Waals surface area contributed by atoms with Gasteiger partial charge >= 0.3 is 0 Å². The van der Waals surface area contributed by atoms with E-state index >= 15 is 0 Å². The average Bonchev–Trinajstić information content (AvgIpc) is 3.06. The minimum absolute atomic E-state index is 0.254. The van der Waals surface area contributed by atoms with Crippen LogP contribution in [0.2, 0.25) is 0 Å². The molecule has 0 radical (unpaired) electrons. The molecule has 1 atom stereocenters. The molecule has 7 nitrogen and oxygen atoms in total. The molecule has 2 aliphatic heterocycles. The molecule has 3 aromatic rings. The predicted octanol–water partition coefficient (Wildman–Crippen LogP) is 2.89. The van der Waals surface area contributed by atoms with Gasteiger partial charge in [-0.2, -0.15) is 0 Å². The molecule has 8 heteroatoms. The van der Waals surface area contributed by atoms with Gasteiger partial charge in [-0.3, -0.25) is 9.10 Å². The number of nitrogens with zero attached hydrogens (tertiary/aromatic N) is 2. The lowest BCUT2D eigenvalue weighted by Crippen LogP contribution is -2.46. The van der Waals surface area contributed by atoms with Crippen molar-refractivity contribution in [1.82, 2.24) is 5.32 Å². The number of benzene rings is 3. The van der Waals surface area contributed by atoms with Gasteiger partial charge in [0.15, 0.2) is 0 Å². The summed E-state index contributed by atoms with van der Waals surface area (Å²) in [7, 11) is -3.79. The molecular formula is C24H25N3O4S. The molecule has 0 aromatic heterocycles. The van der Waals surface area contributed by atoms with E-state index in [4.69, 9.17) is 4.74 Å². The predicted molar refractivity (Wildman–Crippen MR) is 124 cm³/mol. The summed E-state index contributed by atoms with van der Waals surface area (Å²) in [4.78, 5) is 15.5. The molecule has 1 N–H and O–H groups in total. The zero-order valence-corrected chi connectivity index (χ0v) is 18.6. The lowest BCUT2D eigenvalue weighted by Gasteiger charge is -2.29. The van der Waals surface area contributed by atoms with Gasteiger partial charge in [-0.1, -0.05) is 36.4 Å². The van der Waals surface area contributed by atoms with E-state index in [0.29, 0.717) is 17.6 Å². The molecule has 32 heavy (non-hydrogen) atoms. The van der Waals surface area contributed by atoms with Crippen LogP contribution in [0.5, 0.6) is 0 Å². The largest absolute Gasteiger partial charge is 0.378 e. The van der Waals surface area contributed by atoms with Crippen LogP contribution in [0.4, 0.5) is 11.4 Å². The van der Waals surface area contributed by atoms with Crippen LogP contribution in [0.25, 0.3) is 10.8 Å². The van der Waals surface area contributed by atoms with E-state index in [1.807, 2.05) is 42.5 Å². The van der Waals surface area contributed by atoms with Crippen LogP contribution in [0, 0.1) is 0 Å². The van der Waals surface area contributed by atoms with Gasteiger partial charge in [-0.15, -0.1) is 0 Å². The van der Waals surface area contributed by atoms with E-state index in [1.54, 1.807) is 25.1 Å². The fraction of sp³-hybridized carbons (Fsp3) is 0.292. The van der Waals surface area contributed by atoms with Crippen molar-refractivity contribution in [2.75, 3.05) is 35.5 Å². The molecular weight excluding hydrogens is 426 g/mol. The lowest BCUT2D eigenvalue weighted by molar-refractivity contribution is -0.122. The summed E-state index contributed by atoms with van der Waals surface area (Å²) < 4.78 is 33.0. The van der Waals surface area contributed by atoms with E-state index in [9.17, 15) is 13.2 Å². The molecule has 1 fully saturated rings. The Morgan fingerprint density at radius 3 is 2.44 bits per heavy atom. The van der Waals surface area contributed by atoms with Crippen molar-refractivity contribution in [2.24, 2.45) is 0 Å². The van der Waals surface area contributed by atoms with E-state index in [2.05, 4.69) is 10.2 Å². The number of sulfonamides is 1. The second-order valence-electron chi connectivity index (χ2n) is 8.09. The molecule has 0 spiro atoms. The summed E-state index contributed by atoms with van der Waals surface area (Å²) >= 11 is 0. The van der Waals surface area contributed by atoms with Gasteiger partial charge in [0.1, 0.15) is 6.04 Å². The molecule has 166 valence electrons. The summed E-state index contributed by atoms with van der Waals surface area (Å²) in [6.45, 7) is 5.15. The van der Waals surface area contributed by atoms with Crippen LogP contribution in [0.15, 0.2) is 65.6 Å². The van der Waals surface area contributed by atoms with Gasteiger partial charge in [0, 0.05) is 30.7 Å². The zero-order valence-electron chi connectivity index (χ0n) is 17.8. The molecule has 2 heterocycles. The maximum Gasteiger partial charge on any atom is 0.265 e. The molecule has 2 aliphatic rings. The zero-order chi connectivity index (χ0) is 22.3. The first kappa shape index (κ1) is 20.8. The number of carbonyl (C=O) groups is 1. The van der Waals surface area contributed by atoms with Gasteiger partial charge in [-0.25, -0.2) is 8.42 Å². The Balaban J connectivity index is 1.30. The maximum absolute atomic E-state index is 13.2. The van der Waals surface area contributed by atoms with Crippen LogP contribution in [0.3, 0.4) is 0 Å². The van der Waals surface area contributed by atoms with Crippen molar-refractivity contribution >= 4 is 38.1 Å². The van der Waals surface area contributed by atoms with Crippen molar-refractivity contribution in [3.63, 3.8) is 0 Å². The van der Waals surface area contributed by atoms with Crippen molar-refractivity contribution in [1.29, 1.82) is 0 Å². The summed E-state index contributed by atoms with van der Waals surface area (Å²) in [6, 6.07) is 17.8. The molecule has 0 unspecified atom stereocenters. The Labute approximate surface area is 187 Å². The van der Waals surface area contributed by atoms with E-state index in [1.165, 1.54) is 4.31 Å². The van der Waals surface area contributed by atoms with Crippen molar-refractivity contribution in [3.8, 4) is 0 Å². The van der Waals surface area contributed by atoms with Crippen LogP contribution < -0.4 is 14.5 Å². The summed E-state index contributed by atoms with van der Waals surface area (Å²) in [5, 5.41) is 4.41. The number of morpholine rings is 1. The first-order valence-electron chi connectivity index (χ1n) is 10.7. The summed E-state index contributed by atoms with van der Waals surface area (Å²) in [6.07, 6.45) is 0. The molecule has 5 rings (SSSR count). The number of hydrogen-bond acceptors (Lipinski definition) is 5. The lowest BCUT2D eigenvalue weighted by atomic mass is 10.1. The average molecular weight is 452 g/mol. The highest BCUT2D eigenvalue weighted by atomic mass is 32.2. The fourth-order valence-electron chi connectivity index (χ4n) is 4.43. The Bertz CT molecular complexity index is 1260. The van der Waals surface area contributed by atoms with Gasteiger partial charge in [0.05, 0.1) is 23.8 Å². The number of amides is 1. The molecule has 1 amide bonds. The van der Waals surface area contributed by atoms with Crippen LogP contribution in [-0.2, 0) is 26.1 Å². The van der Waals surface area contributed by atoms with E-state index in [-0.39, 0.29) is 10.8 Å². The van der Waals surface area contributed by atoms with Gasteiger partial charge < -0.3 is 15.0 Å². The van der Waals surface area contributed by atoms with Crippen molar-refractivity contribution in [2.45, 2.75) is 24.4 Å². The monoisotopic (exact) mass is 451 g/mol. The minimum atomic E-state index is -3.79. The number of nitrogens with one attached hydrogen (secondary N) is 1. The first-order chi connectivity index (χ1) is 15.5. The Kier molecular flexibility index (Phi) is 5.27. The summed E-state index contributed by atoms with van der Waals surface area (Å²) in [5.74, 6) is -0.337. The topological polar surface area (TPSA) is 79.0 Å². The van der Waals surface area contributed by atoms with Crippen LogP contribution in [-0.4, -0.2) is 46.7 Å². The van der Waals surface area contributed by atoms with Crippen molar-refractivity contribution in [3.05, 3.63) is 66.2 Å². The molecule has 1 saturated heterocycles. The van der Waals surface area contributed by atoms with Gasteiger partial charge in [-0.05, 0) is 42.1 Å². The SMILES string of the molecule is C[C@@H](C(=O)NCc1ccc(N2CCOCC2)cc1)N1c2cccc3cccc(c23)S1(=O)=O. The molecule has 0 bridgehead atoms. The number of anilines is 2. The normalized spacial score (nSPS) is 18.0. The van der Waals surface area contributed by atoms with Crippen LogP contribution >= 0.6 is 0 Å². The smallest absolute Gasteiger partial charge is 0.265 e. The minimum Gasteiger partial charge on any atom is -0.378 e. The van der Waals surface area contributed by atoms with E-state index in [0.717, 1.165) is 42.9 Å². The standard InChI is InChI=1S/C24H25N3O4S/c1-17(27-21-6-2-4-19-5-3-7-22(23(19)21)32(27,29)30)24(28)25-16-18-8-10-20(11-9-18)26-12-14-31-15-13-26/h2-11,17H,12-16H2,1H3,(H,25,28)/t17-/m0/s1. The van der Waals surface area contributed by atoms with Gasteiger partial charge in [0.25, 0.3) is 10.0 Å². The maximum atomic E-state index is 13.2. The fourth-order valence-corrected chi connectivity index (χ4v) is 6.29. The highest BCUT2D eigenvalue weighted by molar-refractivity contribution is 7.93. The van der Waals surface area contributed by atoms with E-state index < -0.39 is 16.1 Å². The number of hydrogen-bond donors (Lipinski definition) is 1. The third-order valence-electron chi connectivity index (χ3n) is 6.13. The highest BCUT2D eigenvalue weighted by Gasteiger charge is 2.40. The molecule has 0 aliphatic carbocycles. The molecule has 3 aromatic carbocycles. The summed E-state index contributed by atoms with van der Waals surface area (Å²) in [5.41, 5.74) is 2.64.